The van der Waals surface area contributed by atoms with Crippen LogP contribution in [0.2, 0.25) is 0 Å². The first kappa shape index (κ1) is 26.1. The van der Waals surface area contributed by atoms with E-state index in [1.807, 2.05) is 42.5 Å². The highest BCUT2D eigenvalue weighted by molar-refractivity contribution is 5.82. The minimum absolute atomic E-state index is 0.113. The smallest absolute Gasteiger partial charge is 0.416 e. The Morgan fingerprint density at radius 3 is 2.47 bits per heavy atom. The topological polar surface area (TPSA) is 44.8 Å². The molecule has 2 aliphatic heterocycles. The lowest BCUT2D eigenvalue weighted by molar-refractivity contribution is -0.137. The fourth-order valence-corrected chi connectivity index (χ4v) is 5.60. The molecule has 5 nitrogen and oxygen atoms in total. The van der Waals surface area contributed by atoms with Gasteiger partial charge in [-0.2, -0.15) is 13.2 Å². The lowest BCUT2D eigenvalue weighted by atomic mass is 9.82. The van der Waals surface area contributed by atoms with Crippen molar-refractivity contribution < 1.29 is 22.7 Å². The fourth-order valence-electron chi connectivity index (χ4n) is 5.60. The molecule has 1 N–H and O–H groups in total. The van der Waals surface area contributed by atoms with E-state index in [9.17, 15) is 18.0 Å². The second-order valence-electron chi connectivity index (χ2n) is 10.0. The molecule has 0 aromatic heterocycles. The Morgan fingerprint density at radius 1 is 1.00 bits per heavy atom. The van der Waals surface area contributed by atoms with Crippen molar-refractivity contribution in [3.05, 3.63) is 95.1 Å². The van der Waals surface area contributed by atoms with E-state index < -0.39 is 17.7 Å². The molecule has 5 rings (SSSR count). The molecule has 0 radical (unpaired) electrons. The van der Waals surface area contributed by atoms with Crippen molar-refractivity contribution in [1.82, 2.24) is 10.2 Å². The van der Waals surface area contributed by atoms with Crippen LogP contribution in [0.1, 0.15) is 22.3 Å². The van der Waals surface area contributed by atoms with Crippen LogP contribution >= 0.6 is 0 Å². The van der Waals surface area contributed by atoms with Gasteiger partial charge < -0.3 is 15.0 Å². The predicted octanol–water partition coefficient (Wildman–Crippen LogP) is 4.94. The summed E-state index contributed by atoms with van der Waals surface area (Å²) < 4.78 is 45.6. The quantitative estimate of drug-likeness (QED) is 0.477. The molecule has 0 spiro atoms. The number of hydrogen-bond donors (Lipinski definition) is 1. The molecule has 2 heterocycles. The van der Waals surface area contributed by atoms with Crippen molar-refractivity contribution in [3.8, 4) is 5.75 Å². The molecule has 2 aliphatic rings. The van der Waals surface area contributed by atoms with Crippen molar-refractivity contribution in [2.75, 3.05) is 38.2 Å². The van der Waals surface area contributed by atoms with Gasteiger partial charge in [0.1, 0.15) is 5.75 Å². The Morgan fingerprint density at radius 2 is 1.76 bits per heavy atom. The third-order valence-corrected chi connectivity index (χ3v) is 7.58. The second-order valence-corrected chi connectivity index (χ2v) is 10.0. The molecule has 2 unspecified atom stereocenters. The average molecular weight is 524 g/mol. The molecule has 2 atom stereocenters. The monoisotopic (exact) mass is 523 g/mol. The highest BCUT2D eigenvalue weighted by atomic mass is 19.4. The van der Waals surface area contributed by atoms with Gasteiger partial charge >= 0.3 is 6.18 Å². The molecule has 1 fully saturated rings. The Bertz CT molecular complexity index is 1250. The predicted molar refractivity (Wildman–Crippen MR) is 141 cm³/mol. The van der Waals surface area contributed by atoms with Crippen LogP contribution < -0.4 is 15.0 Å². The van der Waals surface area contributed by atoms with E-state index in [4.69, 9.17) is 4.74 Å². The first-order chi connectivity index (χ1) is 18.3. The minimum atomic E-state index is -4.42. The number of piperazine rings is 1. The standard InChI is InChI=1S/C30H32F3N3O2/c1-38-25-10-7-21(8-11-25)13-14-34-29(37)26-18-23-17-24(30(31,32)33)9-12-27(23)36-16-15-35(20-28(26)36)19-22-5-3-2-4-6-22/h2-12,17,26,28H,13-16,18-20H2,1H3,(H,34,37). The molecule has 1 amide bonds. The van der Waals surface area contributed by atoms with Crippen LogP contribution in [0.15, 0.2) is 72.8 Å². The molecule has 0 aliphatic carbocycles. The summed E-state index contributed by atoms with van der Waals surface area (Å²) in [6.45, 7) is 3.34. The van der Waals surface area contributed by atoms with Crippen LogP contribution in [0.25, 0.3) is 0 Å². The number of amides is 1. The van der Waals surface area contributed by atoms with E-state index in [1.165, 1.54) is 11.6 Å². The molecule has 200 valence electrons. The van der Waals surface area contributed by atoms with Crippen LogP contribution in [0.4, 0.5) is 18.9 Å². The van der Waals surface area contributed by atoms with Gasteiger partial charge in [0.05, 0.1) is 24.6 Å². The van der Waals surface area contributed by atoms with Crippen LogP contribution in [0.3, 0.4) is 0 Å². The summed E-state index contributed by atoms with van der Waals surface area (Å²) in [6.07, 6.45) is -3.48. The van der Waals surface area contributed by atoms with Crippen LogP contribution in [-0.4, -0.2) is 50.1 Å². The first-order valence-electron chi connectivity index (χ1n) is 13.0. The zero-order valence-corrected chi connectivity index (χ0v) is 21.4. The SMILES string of the molecule is COc1ccc(CCNC(=O)C2Cc3cc(C(F)(F)F)ccc3N3CCN(Cc4ccccc4)CC23)cc1. The molecule has 0 bridgehead atoms. The lowest BCUT2D eigenvalue weighted by Gasteiger charge is -2.49. The van der Waals surface area contributed by atoms with Crippen molar-refractivity contribution >= 4 is 11.6 Å². The summed E-state index contributed by atoms with van der Waals surface area (Å²) >= 11 is 0. The van der Waals surface area contributed by atoms with E-state index in [1.54, 1.807) is 13.2 Å². The number of alkyl halides is 3. The van der Waals surface area contributed by atoms with Crippen molar-refractivity contribution in [2.45, 2.75) is 31.6 Å². The summed E-state index contributed by atoms with van der Waals surface area (Å²) in [7, 11) is 1.62. The largest absolute Gasteiger partial charge is 0.497 e. The van der Waals surface area contributed by atoms with Gasteiger partial charge in [0.2, 0.25) is 5.91 Å². The number of carbonyl (C=O) groups excluding carboxylic acids is 1. The zero-order chi connectivity index (χ0) is 26.7. The van der Waals surface area contributed by atoms with Gasteiger partial charge in [-0.3, -0.25) is 9.69 Å². The maximum Gasteiger partial charge on any atom is 0.416 e. The summed E-state index contributed by atoms with van der Waals surface area (Å²) in [5, 5.41) is 3.07. The summed E-state index contributed by atoms with van der Waals surface area (Å²) in [5.41, 5.74) is 3.00. The number of nitrogens with zero attached hydrogens (tertiary/aromatic N) is 2. The lowest BCUT2D eigenvalue weighted by Crippen LogP contribution is -2.61. The van der Waals surface area contributed by atoms with E-state index in [2.05, 4.69) is 27.2 Å². The highest BCUT2D eigenvalue weighted by Gasteiger charge is 2.42. The van der Waals surface area contributed by atoms with E-state index in [-0.39, 0.29) is 18.4 Å². The second kappa shape index (κ2) is 11.1. The van der Waals surface area contributed by atoms with Gasteiger partial charge in [-0.1, -0.05) is 42.5 Å². The van der Waals surface area contributed by atoms with Gasteiger partial charge in [-0.25, -0.2) is 0 Å². The summed E-state index contributed by atoms with van der Waals surface area (Å²) in [5.74, 6) is 0.216. The number of halogens is 3. The molecule has 1 saturated heterocycles. The van der Waals surface area contributed by atoms with Crippen LogP contribution in [0.5, 0.6) is 5.75 Å². The number of rotatable bonds is 7. The van der Waals surface area contributed by atoms with Crippen LogP contribution in [-0.2, 0) is 30.4 Å². The maximum absolute atomic E-state index is 13.5. The Labute approximate surface area is 221 Å². The third-order valence-electron chi connectivity index (χ3n) is 7.58. The third kappa shape index (κ3) is 5.80. The van der Waals surface area contributed by atoms with Crippen molar-refractivity contribution in [2.24, 2.45) is 5.92 Å². The van der Waals surface area contributed by atoms with Gasteiger partial charge in [-0.05, 0) is 59.9 Å². The highest BCUT2D eigenvalue weighted by Crippen LogP contribution is 2.40. The molecular formula is C30H32F3N3O2. The number of carbonyl (C=O) groups is 1. The maximum atomic E-state index is 13.5. The molecule has 38 heavy (non-hydrogen) atoms. The number of anilines is 1. The van der Waals surface area contributed by atoms with Gasteiger partial charge in [-0.15, -0.1) is 0 Å². The molecule has 8 heteroatoms. The minimum Gasteiger partial charge on any atom is -0.497 e. The normalized spacial score (nSPS) is 19.4. The fraction of sp³-hybridized carbons (Fsp3) is 0.367. The molecule has 3 aromatic carbocycles. The molecule has 0 saturated carbocycles. The number of hydrogen-bond acceptors (Lipinski definition) is 4. The molecule has 3 aromatic rings. The molecular weight excluding hydrogens is 491 g/mol. The first-order valence-corrected chi connectivity index (χ1v) is 13.0. The van der Waals surface area contributed by atoms with Crippen molar-refractivity contribution in [3.63, 3.8) is 0 Å². The summed E-state index contributed by atoms with van der Waals surface area (Å²) in [6, 6.07) is 21.7. The number of benzene rings is 3. The number of ether oxygens (including phenoxy) is 1. The van der Waals surface area contributed by atoms with E-state index in [0.717, 1.165) is 36.2 Å². The van der Waals surface area contributed by atoms with Gasteiger partial charge in [0, 0.05) is 38.4 Å². The number of nitrogens with one attached hydrogen (secondary N) is 1. The summed E-state index contributed by atoms with van der Waals surface area (Å²) in [4.78, 5) is 18.0. The Hall–Kier alpha value is -3.52. The van der Waals surface area contributed by atoms with Crippen molar-refractivity contribution in [1.29, 1.82) is 0 Å². The van der Waals surface area contributed by atoms with E-state index >= 15 is 0 Å². The average Bonchev–Trinajstić information content (AvgIpc) is 2.92. The Kier molecular flexibility index (Phi) is 7.61. The van der Waals surface area contributed by atoms with E-state index in [0.29, 0.717) is 31.6 Å². The Balaban J connectivity index is 1.34. The van der Waals surface area contributed by atoms with Gasteiger partial charge in [0.25, 0.3) is 0 Å². The zero-order valence-electron chi connectivity index (χ0n) is 21.4. The number of fused-ring (bicyclic) bond motifs is 3. The van der Waals surface area contributed by atoms with Crippen LogP contribution in [0, 0.1) is 5.92 Å². The van der Waals surface area contributed by atoms with Gasteiger partial charge in [0.15, 0.2) is 0 Å². The number of methoxy groups -OCH3 is 1.